The van der Waals surface area contributed by atoms with Crippen molar-refractivity contribution in [2.45, 2.75) is 12.7 Å². The van der Waals surface area contributed by atoms with E-state index in [1.165, 1.54) is 18.3 Å². The van der Waals surface area contributed by atoms with E-state index in [9.17, 15) is 18.3 Å². The fourth-order valence-electron chi connectivity index (χ4n) is 2.45. The van der Waals surface area contributed by atoms with E-state index >= 15 is 0 Å². The molecule has 23 heavy (non-hydrogen) atoms. The van der Waals surface area contributed by atoms with Crippen molar-refractivity contribution in [2.24, 2.45) is 4.99 Å². The molecule has 0 bridgehead atoms. The highest BCUT2D eigenvalue weighted by atomic mass is 19.4. The molecule has 0 atom stereocenters. The number of hydrogen-bond acceptors (Lipinski definition) is 2. The van der Waals surface area contributed by atoms with Crippen LogP contribution in [0.4, 0.5) is 13.2 Å². The number of para-hydroxylation sites is 1. The zero-order valence-electron chi connectivity index (χ0n) is 11.9. The van der Waals surface area contributed by atoms with Gasteiger partial charge in [0.15, 0.2) is 5.88 Å². The number of hydrogen-bond donors (Lipinski definition) is 2. The maximum absolute atomic E-state index is 12.9. The lowest BCUT2D eigenvalue weighted by atomic mass is 10.1. The molecule has 0 radical (unpaired) electrons. The molecule has 0 saturated carbocycles. The minimum Gasteiger partial charge on any atom is -0.494 e. The Morgan fingerprint density at radius 2 is 1.74 bits per heavy atom. The number of H-pyrrole nitrogens is 1. The lowest BCUT2D eigenvalue weighted by molar-refractivity contribution is -0.138. The third-order valence-electron chi connectivity index (χ3n) is 3.53. The summed E-state index contributed by atoms with van der Waals surface area (Å²) in [5.74, 6) is -0.0564. The fraction of sp³-hybridized carbons (Fsp3) is 0.118. The summed E-state index contributed by atoms with van der Waals surface area (Å²) in [6.07, 6.45) is -3.02. The Morgan fingerprint density at radius 3 is 2.52 bits per heavy atom. The lowest BCUT2D eigenvalue weighted by Crippen LogP contribution is -2.08. The average molecular weight is 318 g/mol. The van der Waals surface area contributed by atoms with Crippen molar-refractivity contribution in [3.05, 3.63) is 65.2 Å². The molecule has 0 saturated heterocycles. The molecule has 0 unspecified atom stereocenters. The van der Waals surface area contributed by atoms with Crippen molar-refractivity contribution >= 4 is 17.1 Å². The van der Waals surface area contributed by atoms with Gasteiger partial charge in [-0.15, -0.1) is 0 Å². The molecule has 6 heteroatoms. The number of rotatable bonds is 3. The molecule has 0 aliphatic carbocycles. The number of nitrogens with one attached hydrogen (secondary N) is 1. The van der Waals surface area contributed by atoms with E-state index in [4.69, 9.17) is 0 Å². The number of fused-ring (bicyclic) bond motifs is 1. The second-order valence-electron chi connectivity index (χ2n) is 5.06. The lowest BCUT2D eigenvalue weighted by Gasteiger charge is -2.10. The van der Waals surface area contributed by atoms with Crippen molar-refractivity contribution in [1.29, 1.82) is 0 Å². The van der Waals surface area contributed by atoms with Crippen molar-refractivity contribution < 1.29 is 18.3 Å². The predicted molar refractivity (Wildman–Crippen MR) is 82.7 cm³/mol. The number of nitrogens with zero attached hydrogens (tertiary/aromatic N) is 1. The highest BCUT2D eigenvalue weighted by Gasteiger charge is 2.32. The van der Waals surface area contributed by atoms with E-state index in [0.29, 0.717) is 5.56 Å². The van der Waals surface area contributed by atoms with Gasteiger partial charge in [-0.2, -0.15) is 13.2 Å². The van der Waals surface area contributed by atoms with Crippen LogP contribution < -0.4 is 0 Å². The first-order valence-corrected chi connectivity index (χ1v) is 6.91. The van der Waals surface area contributed by atoms with Crippen LogP contribution in [0.5, 0.6) is 5.88 Å². The maximum atomic E-state index is 12.9. The van der Waals surface area contributed by atoms with Gasteiger partial charge in [0, 0.05) is 17.1 Å². The summed E-state index contributed by atoms with van der Waals surface area (Å²) < 4.78 is 38.8. The van der Waals surface area contributed by atoms with Gasteiger partial charge in [0.25, 0.3) is 0 Å². The van der Waals surface area contributed by atoms with Gasteiger partial charge in [-0.3, -0.25) is 4.99 Å². The Morgan fingerprint density at radius 1 is 1.04 bits per heavy atom. The summed E-state index contributed by atoms with van der Waals surface area (Å²) in [6, 6.07) is 12.6. The largest absolute Gasteiger partial charge is 0.494 e. The number of alkyl halides is 3. The molecule has 3 rings (SSSR count). The summed E-state index contributed by atoms with van der Waals surface area (Å²) >= 11 is 0. The van der Waals surface area contributed by atoms with Gasteiger partial charge in [0.05, 0.1) is 17.7 Å². The van der Waals surface area contributed by atoms with Gasteiger partial charge in [-0.1, -0.05) is 36.4 Å². The number of aromatic amines is 1. The molecule has 0 aliphatic heterocycles. The minimum atomic E-state index is -4.41. The number of aromatic nitrogens is 1. The highest BCUT2D eigenvalue weighted by Crippen LogP contribution is 2.32. The number of aliphatic imine (C=N–C) groups is 1. The first-order valence-electron chi connectivity index (χ1n) is 6.91. The molecular weight excluding hydrogens is 305 g/mol. The molecule has 0 aliphatic rings. The number of aromatic hydroxyl groups is 1. The van der Waals surface area contributed by atoms with E-state index in [1.54, 1.807) is 18.2 Å². The number of benzene rings is 2. The van der Waals surface area contributed by atoms with E-state index in [2.05, 4.69) is 9.98 Å². The quantitative estimate of drug-likeness (QED) is 0.686. The molecule has 0 spiro atoms. The van der Waals surface area contributed by atoms with Gasteiger partial charge in [0.1, 0.15) is 0 Å². The summed E-state index contributed by atoms with van der Waals surface area (Å²) in [5.41, 5.74) is 0.600. The minimum absolute atomic E-state index is 0.0564. The van der Waals surface area contributed by atoms with E-state index in [1.807, 2.05) is 12.1 Å². The molecule has 2 aromatic carbocycles. The number of halogens is 3. The average Bonchev–Trinajstić information content (AvgIpc) is 2.83. The van der Waals surface area contributed by atoms with E-state index in [0.717, 1.165) is 17.0 Å². The molecule has 3 nitrogen and oxygen atoms in total. The molecule has 0 fully saturated rings. The van der Waals surface area contributed by atoms with Gasteiger partial charge in [-0.05, 0) is 17.7 Å². The molecule has 3 aromatic rings. The van der Waals surface area contributed by atoms with Crippen LogP contribution in [-0.4, -0.2) is 16.3 Å². The van der Waals surface area contributed by atoms with Crippen LogP contribution in [0.15, 0.2) is 53.5 Å². The highest BCUT2D eigenvalue weighted by molar-refractivity contribution is 6.01. The van der Waals surface area contributed by atoms with Gasteiger partial charge < -0.3 is 10.1 Å². The van der Waals surface area contributed by atoms with Gasteiger partial charge in [-0.25, -0.2) is 0 Å². The van der Waals surface area contributed by atoms with Gasteiger partial charge in [0.2, 0.25) is 0 Å². The summed E-state index contributed by atoms with van der Waals surface area (Å²) in [6.45, 7) is -0.116. The molecular formula is C17H13F3N2O. The summed E-state index contributed by atoms with van der Waals surface area (Å²) in [7, 11) is 0. The van der Waals surface area contributed by atoms with E-state index in [-0.39, 0.29) is 18.0 Å². The van der Waals surface area contributed by atoms with E-state index < -0.39 is 11.7 Å². The predicted octanol–water partition coefficient (Wildman–Crippen LogP) is 4.51. The van der Waals surface area contributed by atoms with Crippen molar-refractivity contribution in [3.8, 4) is 5.88 Å². The van der Waals surface area contributed by atoms with Crippen LogP contribution in [0, 0.1) is 0 Å². The smallest absolute Gasteiger partial charge is 0.416 e. The molecule has 1 heterocycles. The Bertz CT molecular complexity index is 866. The second kappa shape index (κ2) is 5.79. The first kappa shape index (κ1) is 15.1. The normalized spacial score (nSPS) is 12.3. The molecule has 0 amide bonds. The second-order valence-corrected chi connectivity index (χ2v) is 5.06. The Labute approximate surface area is 130 Å². The van der Waals surface area contributed by atoms with Crippen LogP contribution >= 0.6 is 0 Å². The summed E-state index contributed by atoms with van der Waals surface area (Å²) in [5, 5.41) is 10.7. The molecule has 1 aromatic heterocycles. The Kier molecular flexibility index (Phi) is 3.82. The maximum Gasteiger partial charge on any atom is 0.416 e. The zero-order valence-corrected chi connectivity index (χ0v) is 11.9. The van der Waals surface area contributed by atoms with Crippen LogP contribution in [0.1, 0.15) is 16.7 Å². The third-order valence-corrected chi connectivity index (χ3v) is 3.53. The van der Waals surface area contributed by atoms with Crippen molar-refractivity contribution in [3.63, 3.8) is 0 Å². The van der Waals surface area contributed by atoms with Crippen LogP contribution in [-0.2, 0) is 12.7 Å². The first-order chi connectivity index (χ1) is 11.0. The fourth-order valence-corrected chi connectivity index (χ4v) is 2.45. The summed E-state index contributed by atoms with van der Waals surface area (Å²) in [4.78, 5) is 6.86. The third kappa shape index (κ3) is 3.06. The SMILES string of the molecule is Oc1[nH]c2ccccc2c1C=NCc1ccccc1C(F)(F)F. The Balaban J connectivity index is 1.89. The van der Waals surface area contributed by atoms with Crippen LogP contribution in [0.25, 0.3) is 10.9 Å². The monoisotopic (exact) mass is 318 g/mol. The van der Waals surface area contributed by atoms with Crippen molar-refractivity contribution in [1.82, 2.24) is 4.98 Å². The Hall–Kier alpha value is -2.76. The standard InChI is InChI=1S/C17H13F3N2O/c18-17(19,20)14-7-3-1-5-11(14)9-21-10-13-12-6-2-4-8-15(12)22-16(13)23/h1-8,10,22-23H,9H2. The van der Waals surface area contributed by atoms with Crippen molar-refractivity contribution in [2.75, 3.05) is 0 Å². The molecule has 118 valence electrons. The van der Waals surface area contributed by atoms with Crippen LogP contribution in [0.3, 0.4) is 0 Å². The van der Waals surface area contributed by atoms with Gasteiger partial charge >= 0.3 is 6.18 Å². The zero-order chi connectivity index (χ0) is 16.4. The van der Waals surface area contributed by atoms with Crippen LogP contribution in [0.2, 0.25) is 0 Å². The topological polar surface area (TPSA) is 48.4 Å². The molecule has 2 N–H and O–H groups in total.